The summed E-state index contributed by atoms with van der Waals surface area (Å²) in [7, 11) is 0. The van der Waals surface area contributed by atoms with Crippen LogP contribution >= 0.6 is 0 Å². The van der Waals surface area contributed by atoms with Crippen molar-refractivity contribution in [3.05, 3.63) is 48.0 Å². The summed E-state index contributed by atoms with van der Waals surface area (Å²) in [5.41, 5.74) is 1.36. The number of allylic oxidation sites excluding steroid dienone is 2. The first-order chi connectivity index (χ1) is 6.79. The van der Waals surface area contributed by atoms with E-state index in [0.29, 0.717) is 0 Å². The smallest absolute Gasteiger partial charge is 0.152 e. The Morgan fingerprint density at radius 3 is 2.64 bits per heavy atom. The van der Waals surface area contributed by atoms with Crippen LogP contribution in [0.4, 0.5) is 0 Å². The molecule has 0 fully saturated rings. The van der Waals surface area contributed by atoms with E-state index in [1.165, 1.54) is 5.56 Å². The number of carbonyl (C=O) groups is 1. The molecule has 0 N–H and O–H groups in total. The molecule has 0 aliphatic rings. The number of unbranched alkanes of at least 4 members (excludes halogenated alkanes) is 1. The van der Waals surface area contributed by atoms with Crippen molar-refractivity contribution in [1.82, 2.24) is 0 Å². The van der Waals surface area contributed by atoms with Gasteiger partial charge in [-0.3, -0.25) is 4.79 Å². The van der Waals surface area contributed by atoms with Gasteiger partial charge < -0.3 is 0 Å². The zero-order valence-corrected chi connectivity index (χ0v) is 8.57. The highest BCUT2D eigenvalue weighted by Crippen LogP contribution is 2.04. The minimum atomic E-state index is 0.129. The molecule has 0 saturated heterocycles. The Balaban J connectivity index is 2.19. The molecule has 14 heavy (non-hydrogen) atoms. The molecule has 0 heterocycles. The van der Waals surface area contributed by atoms with E-state index in [1.807, 2.05) is 12.1 Å². The van der Waals surface area contributed by atoms with Gasteiger partial charge in [0.1, 0.15) is 0 Å². The predicted octanol–water partition coefficient (Wildman–Crippen LogP) is 3.15. The number of hydrogen-bond donors (Lipinski definition) is 0. The van der Waals surface area contributed by atoms with Gasteiger partial charge in [-0.25, -0.2) is 0 Å². The van der Waals surface area contributed by atoms with E-state index < -0.39 is 0 Å². The van der Waals surface area contributed by atoms with E-state index in [0.717, 1.165) is 19.3 Å². The molecule has 1 nitrogen and oxygen atoms in total. The normalized spacial score (nSPS) is 10.6. The largest absolute Gasteiger partial charge is 0.295 e. The zero-order chi connectivity index (χ0) is 10.2. The van der Waals surface area contributed by atoms with Gasteiger partial charge in [0.2, 0.25) is 0 Å². The molecule has 0 saturated carbocycles. The summed E-state index contributed by atoms with van der Waals surface area (Å²) >= 11 is 0. The number of ketones is 1. The summed E-state index contributed by atoms with van der Waals surface area (Å²) in [6, 6.07) is 10.4. The van der Waals surface area contributed by atoms with Crippen molar-refractivity contribution in [2.24, 2.45) is 0 Å². The highest BCUT2D eigenvalue weighted by atomic mass is 16.1. The Morgan fingerprint density at radius 2 is 2.00 bits per heavy atom. The maximum atomic E-state index is 10.6. The molecule has 0 spiro atoms. The van der Waals surface area contributed by atoms with E-state index in [2.05, 4.69) is 24.3 Å². The van der Waals surface area contributed by atoms with Crippen molar-refractivity contribution >= 4 is 5.78 Å². The molecule has 0 aliphatic carbocycles. The highest BCUT2D eigenvalue weighted by Gasteiger charge is 1.89. The standard InChI is InChI=1S/C13H16O/c1-12(14)8-4-2-5-9-13-10-6-3-7-11-13/h3-4,6-8,10-11H,2,5,9H2,1H3/b8-4+. The lowest BCUT2D eigenvalue weighted by Gasteiger charge is -1.97. The van der Waals surface area contributed by atoms with E-state index >= 15 is 0 Å². The first kappa shape index (κ1) is 10.7. The van der Waals surface area contributed by atoms with Crippen molar-refractivity contribution in [3.8, 4) is 0 Å². The Labute approximate surface area is 85.5 Å². The SMILES string of the molecule is CC(=O)/C=C/CCCc1ccccc1. The van der Waals surface area contributed by atoms with Crippen LogP contribution < -0.4 is 0 Å². The fraction of sp³-hybridized carbons (Fsp3) is 0.308. The van der Waals surface area contributed by atoms with Crippen molar-refractivity contribution in [1.29, 1.82) is 0 Å². The van der Waals surface area contributed by atoms with Gasteiger partial charge in [0.15, 0.2) is 5.78 Å². The Hall–Kier alpha value is -1.37. The van der Waals surface area contributed by atoms with Gasteiger partial charge in [0.05, 0.1) is 0 Å². The molecule has 0 bridgehead atoms. The molecule has 1 rings (SSSR count). The lowest BCUT2D eigenvalue weighted by Crippen LogP contribution is -1.84. The summed E-state index contributed by atoms with van der Waals surface area (Å²) < 4.78 is 0. The van der Waals surface area contributed by atoms with Gasteiger partial charge in [-0.15, -0.1) is 0 Å². The van der Waals surface area contributed by atoms with Crippen LogP contribution in [0, 0.1) is 0 Å². The third-order valence-electron chi connectivity index (χ3n) is 2.03. The predicted molar refractivity (Wildman–Crippen MR) is 59.2 cm³/mol. The minimum Gasteiger partial charge on any atom is -0.295 e. The maximum Gasteiger partial charge on any atom is 0.152 e. The highest BCUT2D eigenvalue weighted by molar-refractivity contribution is 5.87. The number of hydrogen-bond acceptors (Lipinski definition) is 1. The van der Waals surface area contributed by atoms with Crippen molar-refractivity contribution < 1.29 is 4.79 Å². The van der Waals surface area contributed by atoms with Crippen molar-refractivity contribution in [2.75, 3.05) is 0 Å². The van der Waals surface area contributed by atoms with Crippen molar-refractivity contribution in [3.63, 3.8) is 0 Å². The Kier molecular flexibility index (Phi) is 4.70. The van der Waals surface area contributed by atoms with E-state index in [-0.39, 0.29) is 5.78 Å². The zero-order valence-electron chi connectivity index (χ0n) is 8.57. The van der Waals surface area contributed by atoms with Crippen molar-refractivity contribution in [2.45, 2.75) is 26.2 Å². The molecule has 1 aromatic carbocycles. The van der Waals surface area contributed by atoms with Crippen LogP contribution in [-0.4, -0.2) is 5.78 Å². The molecule has 0 radical (unpaired) electrons. The van der Waals surface area contributed by atoms with Crippen LogP contribution in [0.15, 0.2) is 42.5 Å². The monoisotopic (exact) mass is 188 g/mol. The molecule has 74 valence electrons. The molecule has 1 aromatic rings. The van der Waals surface area contributed by atoms with Gasteiger partial charge in [0.25, 0.3) is 0 Å². The fourth-order valence-corrected chi connectivity index (χ4v) is 1.32. The van der Waals surface area contributed by atoms with Gasteiger partial charge in [-0.05, 0) is 37.8 Å². The van der Waals surface area contributed by atoms with Crippen LogP contribution in [-0.2, 0) is 11.2 Å². The lowest BCUT2D eigenvalue weighted by atomic mass is 10.1. The summed E-state index contributed by atoms with van der Waals surface area (Å²) in [5.74, 6) is 0.129. The first-order valence-corrected chi connectivity index (χ1v) is 5.00. The van der Waals surface area contributed by atoms with E-state index in [1.54, 1.807) is 13.0 Å². The van der Waals surface area contributed by atoms with Gasteiger partial charge >= 0.3 is 0 Å². The second-order valence-corrected chi connectivity index (χ2v) is 3.39. The van der Waals surface area contributed by atoms with Crippen LogP contribution in [0.25, 0.3) is 0 Å². The van der Waals surface area contributed by atoms with Gasteiger partial charge in [-0.2, -0.15) is 0 Å². The van der Waals surface area contributed by atoms with Crippen LogP contribution in [0.2, 0.25) is 0 Å². The summed E-state index contributed by atoms with van der Waals surface area (Å²) in [5, 5.41) is 0. The number of benzene rings is 1. The average molecular weight is 188 g/mol. The van der Waals surface area contributed by atoms with Gasteiger partial charge in [-0.1, -0.05) is 36.4 Å². The molecular weight excluding hydrogens is 172 g/mol. The van der Waals surface area contributed by atoms with E-state index in [4.69, 9.17) is 0 Å². The Morgan fingerprint density at radius 1 is 1.29 bits per heavy atom. The quantitative estimate of drug-likeness (QED) is 0.512. The Bertz CT molecular complexity index is 298. The average Bonchev–Trinajstić information content (AvgIpc) is 2.18. The number of carbonyl (C=O) groups excluding carboxylic acids is 1. The van der Waals surface area contributed by atoms with Crippen LogP contribution in [0.5, 0.6) is 0 Å². The topological polar surface area (TPSA) is 17.1 Å². The second-order valence-electron chi connectivity index (χ2n) is 3.39. The van der Waals surface area contributed by atoms with Crippen LogP contribution in [0.3, 0.4) is 0 Å². The third-order valence-corrected chi connectivity index (χ3v) is 2.03. The fourth-order valence-electron chi connectivity index (χ4n) is 1.32. The summed E-state index contributed by atoms with van der Waals surface area (Å²) in [4.78, 5) is 10.6. The molecule has 1 heteroatoms. The molecular formula is C13H16O. The number of aryl methyl sites for hydroxylation is 1. The lowest BCUT2D eigenvalue weighted by molar-refractivity contribution is -0.112. The maximum absolute atomic E-state index is 10.6. The van der Waals surface area contributed by atoms with Gasteiger partial charge in [0, 0.05) is 0 Å². The molecule has 0 atom stereocenters. The number of rotatable bonds is 5. The second kappa shape index (κ2) is 6.14. The summed E-state index contributed by atoms with van der Waals surface area (Å²) in [6.07, 6.45) is 6.77. The van der Waals surface area contributed by atoms with E-state index in [9.17, 15) is 4.79 Å². The molecule has 0 aliphatic heterocycles. The van der Waals surface area contributed by atoms with Crippen LogP contribution in [0.1, 0.15) is 25.3 Å². The molecule has 0 unspecified atom stereocenters. The molecule has 0 aromatic heterocycles. The first-order valence-electron chi connectivity index (χ1n) is 5.00. The summed E-state index contributed by atoms with van der Waals surface area (Å²) in [6.45, 7) is 1.58. The minimum absolute atomic E-state index is 0.129. The molecule has 0 amide bonds. The third kappa shape index (κ3) is 4.61.